The van der Waals surface area contributed by atoms with Gasteiger partial charge in [-0.25, -0.2) is 0 Å². The molecule has 21 heavy (non-hydrogen) atoms. The van der Waals surface area contributed by atoms with Crippen LogP contribution in [0.15, 0.2) is 36.7 Å². The van der Waals surface area contributed by atoms with Crippen LogP contribution in [0.1, 0.15) is 5.56 Å². The summed E-state index contributed by atoms with van der Waals surface area (Å²) in [5, 5.41) is 15.4. The zero-order valence-electron chi connectivity index (χ0n) is 11.2. The number of benzene rings is 1. The molecule has 1 aliphatic rings. The molecule has 0 aliphatic carbocycles. The number of fused-ring (bicyclic) bond motifs is 2. The van der Waals surface area contributed by atoms with Crippen molar-refractivity contribution < 1.29 is 9.47 Å². The molecule has 4 rings (SSSR count). The van der Waals surface area contributed by atoms with Crippen LogP contribution in [0.2, 0.25) is 0 Å². The van der Waals surface area contributed by atoms with Gasteiger partial charge in [0.25, 0.3) is 0 Å². The molecule has 106 valence electrons. The molecule has 0 spiro atoms. The maximum absolute atomic E-state index is 5.37. The lowest BCUT2D eigenvalue weighted by Gasteiger charge is -2.06. The summed E-state index contributed by atoms with van der Waals surface area (Å²) in [7, 11) is 0. The predicted molar refractivity (Wildman–Crippen MR) is 75.5 cm³/mol. The fourth-order valence-electron chi connectivity index (χ4n) is 2.25. The third-order valence-corrected chi connectivity index (χ3v) is 3.32. The monoisotopic (exact) mass is 283 g/mol. The molecule has 7 nitrogen and oxygen atoms in total. The second-order valence-corrected chi connectivity index (χ2v) is 4.72. The molecule has 0 unspecified atom stereocenters. The molecule has 3 heterocycles. The molecule has 1 N–H and O–H groups in total. The Labute approximate surface area is 120 Å². The molecule has 3 aromatic rings. The fraction of sp³-hybridized carbons (Fsp3) is 0.214. The molecule has 0 fully saturated rings. The van der Waals surface area contributed by atoms with Gasteiger partial charge in [0.1, 0.15) is 12.1 Å². The highest BCUT2D eigenvalue weighted by molar-refractivity contribution is 5.45. The minimum Gasteiger partial charge on any atom is -0.454 e. The van der Waals surface area contributed by atoms with Crippen LogP contribution < -0.4 is 14.8 Å². The van der Waals surface area contributed by atoms with Crippen molar-refractivity contribution in [1.82, 2.24) is 19.8 Å². The predicted octanol–water partition coefficient (Wildman–Crippen LogP) is 1.51. The smallest absolute Gasteiger partial charge is 0.231 e. The third-order valence-electron chi connectivity index (χ3n) is 3.32. The van der Waals surface area contributed by atoms with Gasteiger partial charge < -0.3 is 14.8 Å². The maximum Gasteiger partial charge on any atom is 0.231 e. The molecule has 0 saturated carbocycles. The number of anilines is 1. The van der Waals surface area contributed by atoms with E-state index >= 15 is 0 Å². The van der Waals surface area contributed by atoms with Crippen molar-refractivity contribution in [2.75, 3.05) is 18.7 Å². The summed E-state index contributed by atoms with van der Waals surface area (Å²) >= 11 is 0. The van der Waals surface area contributed by atoms with Crippen LogP contribution in [-0.2, 0) is 6.42 Å². The SMILES string of the molecule is c1cc2c(cc1CCNc1ccc3nncn3n1)OCO2. The summed E-state index contributed by atoms with van der Waals surface area (Å²) in [4.78, 5) is 0. The molecule has 2 aromatic heterocycles. The Balaban J connectivity index is 1.40. The third kappa shape index (κ3) is 2.33. The van der Waals surface area contributed by atoms with E-state index in [2.05, 4.69) is 20.6 Å². The summed E-state index contributed by atoms with van der Waals surface area (Å²) in [6.45, 7) is 1.08. The van der Waals surface area contributed by atoms with E-state index in [9.17, 15) is 0 Å². The van der Waals surface area contributed by atoms with E-state index in [0.29, 0.717) is 6.79 Å². The van der Waals surface area contributed by atoms with Crippen LogP contribution in [0.4, 0.5) is 5.82 Å². The first-order valence-electron chi connectivity index (χ1n) is 6.68. The summed E-state index contributed by atoms with van der Waals surface area (Å²) in [6, 6.07) is 9.78. The number of aromatic nitrogens is 4. The van der Waals surface area contributed by atoms with Gasteiger partial charge in [0.2, 0.25) is 6.79 Å². The molecule has 0 saturated heterocycles. The molecule has 0 bridgehead atoms. The van der Waals surface area contributed by atoms with E-state index in [-0.39, 0.29) is 0 Å². The zero-order chi connectivity index (χ0) is 14.1. The van der Waals surface area contributed by atoms with Crippen LogP contribution in [0.3, 0.4) is 0 Å². The van der Waals surface area contributed by atoms with E-state index in [0.717, 1.165) is 35.9 Å². The zero-order valence-corrected chi connectivity index (χ0v) is 11.2. The van der Waals surface area contributed by atoms with E-state index in [1.807, 2.05) is 30.3 Å². The topological polar surface area (TPSA) is 73.6 Å². The Bertz CT molecular complexity index is 786. The second kappa shape index (κ2) is 4.93. The highest BCUT2D eigenvalue weighted by Gasteiger charge is 2.12. The van der Waals surface area contributed by atoms with Crippen LogP contribution in [0, 0.1) is 0 Å². The largest absolute Gasteiger partial charge is 0.454 e. The highest BCUT2D eigenvalue weighted by atomic mass is 16.7. The molecule has 0 radical (unpaired) electrons. The molecule has 0 atom stereocenters. The van der Waals surface area contributed by atoms with Crippen molar-refractivity contribution in [1.29, 1.82) is 0 Å². The highest BCUT2D eigenvalue weighted by Crippen LogP contribution is 2.32. The Morgan fingerprint density at radius 3 is 3.10 bits per heavy atom. The van der Waals surface area contributed by atoms with Crippen molar-refractivity contribution in [2.24, 2.45) is 0 Å². The van der Waals surface area contributed by atoms with Crippen molar-refractivity contribution >= 4 is 11.5 Å². The van der Waals surface area contributed by atoms with E-state index in [1.165, 1.54) is 5.56 Å². The van der Waals surface area contributed by atoms with Gasteiger partial charge in [-0.3, -0.25) is 0 Å². The van der Waals surface area contributed by atoms with Gasteiger partial charge in [-0.05, 0) is 36.2 Å². The molecular weight excluding hydrogens is 270 g/mol. The maximum atomic E-state index is 5.37. The van der Waals surface area contributed by atoms with Crippen molar-refractivity contribution in [3.8, 4) is 11.5 Å². The number of rotatable bonds is 4. The number of hydrogen-bond donors (Lipinski definition) is 1. The van der Waals surface area contributed by atoms with Crippen LogP contribution in [0.5, 0.6) is 11.5 Å². The Hall–Kier alpha value is -2.83. The lowest BCUT2D eigenvalue weighted by Crippen LogP contribution is -2.07. The minimum atomic E-state index is 0.305. The van der Waals surface area contributed by atoms with Gasteiger partial charge in [-0.15, -0.1) is 15.3 Å². The minimum absolute atomic E-state index is 0.305. The molecular formula is C14H13N5O2. The summed E-state index contributed by atoms with van der Waals surface area (Å²) in [6.07, 6.45) is 2.46. The summed E-state index contributed by atoms with van der Waals surface area (Å²) < 4.78 is 12.3. The number of ether oxygens (including phenoxy) is 2. The Kier molecular flexibility index (Phi) is 2.81. The van der Waals surface area contributed by atoms with Crippen molar-refractivity contribution in [2.45, 2.75) is 6.42 Å². The first-order chi connectivity index (χ1) is 10.4. The van der Waals surface area contributed by atoms with Crippen LogP contribution in [0.25, 0.3) is 5.65 Å². The second-order valence-electron chi connectivity index (χ2n) is 4.72. The van der Waals surface area contributed by atoms with Crippen molar-refractivity contribution in [3.63, 3.8) is 0 Å². The van der Waals surface area contributed by atoms with E-state index in [1.54, 1.807) is 10.8 Å². The molecule has 0 amide bonds. The Morgan fingerprint density at radius 2 is 2.10 bits per heavy atom. The lowest BCUT2D eigenvalue weighted by molar-refractivity contribution is 0.174. The quantitative estimate of drug-likeness (QED) is 0.782. The first-order valence-corrected chi connectivity index (χ1v) is 6.68. The lowest BCUT2D eigenvalue weighted by atomic mass is 10.1. The van der Waals surface area contributed by atoms with Crippen LogP contribution >= 0.6 is 0 Å². The van der Waals surface area contributed by atoms with Crippen molar-refractivity contribution in [3.05, 3.63) is 42.2 Å². The fourth-order valence-corrected chi connectivity index (χ4v) is 2.25. The van der Waals surface area contributed by atoms with Gasteiger partial charge in [-0.2, -0.15) is 4.52 Å². The normalized spacial score (nSPS) is 12.8. The Morgan fingerprint density at radius 1 is 1.14 bits per heavy atom. The van der Waals surface area contributed by atoms with Gasteiger partial charge in [0, 0.05) is 6.54 Å². The molecule has 1 aliphatic heterocycles. The average molecular weight is 283 g/mol. The van der Waals surface area contributed by atoms with E-state index < -0.39 is 0 Å². The summed E-state index contributed by atoms with van der Waals surface area (Å²) in [5.74, 6) is 2.42. The molecule has 1 aromatic carbocycles. The van der Waals surface area contributed by atoms with Gasteiger partial charge in [-0.1, -0.05) is 6.07 Å². The number of hydrogen-bond acceptors (Lipinski definition) is 6. The van der Waals surface area contributed by atoms with E-state index in [4.69, 9.17) is 9.47 Å². The number of nitrogens with zero attached hydrogens (tertiary/aromatic N) is 4. The van der Waals surface area contributed by atoms with Crippen LogP contribution in [-0.4, -0.2) is 33.1 Å². The van der Waals surface area contributed by atoms with Gasteiger partial charge >= 0.3 is 0 Å². The summed E-state index contributed by atoms with van der Waals surface area (Å²) in [5.41, 5.74) is 1.92. The number of nitrogens with one attached hydrogen (secondary N) is 1. The molecule has 7 heteroatoms. The standard InChI is InChI=1S/C14H13N5O2/c1-2-11-12(21-9-20-11)7-10(1)5-6-15-13-3-4-14-17-16-8-19(14)18-13/h1-4,7-8H,5-6,9H2,(H,15,18). The van der Waals surface area contributed by atoms with Gasteiger partial charge in [0.15, 0.2) is 17.1 Å². The van der Waals surface area contributed by atoms with Gasteiger partial charge in [0.05, 0.1) is 0 Å². The first kappa shape index (κ1) is 12.0. The average Bonchev–Trinajstić information content (AvgIpc) is 3.14.